The molecule has 0 unspecified atom stereocenters. The van der Waals surface area contributed by atoms with Crippen LogP contribution in [0.25, 0.3) is 5.95 Å². The lowest BCUT2D eigenvalue weighted by Crippen LogP contribution is -2.17. The number of pyridine rings is 1. The summed E-state index contributed by atoms with van der Waals surface area (Å²) in [7, 11) is 0. The van der Waals surface area contributed by atoms with E-state index in [1.807, 2.05) is 32.0 Å². The molecular weight excluding hydrogens is 408 g/mol. The van der Waals surface area contributed by atoms with Gasteiger partial charge in [-0.1, -0.05) is 6.07 Å². The predicted octanol–water partition coefficient (Wildman–Crippen LogP) is 3.63. The zero-order chi connectivity index (χ0) is 22.8. The molecule has 3 heterocycles. The smallest absolute Gasteiger partial charge is 0.274 e. The standard InChI is InChI=1S/C23H22N6O3/c1-13-5-7-18(9-14(13)2)32-20-8-6-17(12-24-20)27-22(31)19-11-21(30)29(28-19)23-25-15(3)10-16(4)26-23/h5-12,28H,1-4H3,(H,27,31). The summed E-state index contributed by atoms with van der Waals surface area (Å²) in [5.74, 6) is 0.776. The normalized spacial score (nSPS) is 10.8. The molecule has 9 heteroatoms. The van der Waals surface area contributed by atoms with Crippen LogP contribution in [0.1, 0.15) is 33.0 Å². The maximum atomic E-state index is 12.6. The molecule has 0 bridgehead atoms. The largest absolute Gasteiger partial charge is 0.439 e. The number of anilines is 1. The van der Waals surface area contributed by atoms with Crippen LogP contribution in [0.5, 0.6) is 11.6 Å². The van der Waals surface area contributed by atoms with E-state index < -0.39 is 11.5 Å². The highest BCUT2D eigenvalue weighted by Crippen LogP contribution is 2.23. The fourth-order valence-corrected chi connectivity index (χ4v) is 3.08. The van der Waals surface area contributed by atoms with Crippen molar-refractivity contribution in [2.45, 2.75) is 27.7 Å². The number of aromatic nitrogens is 5. The fourth-order valence-electron chi connectivity index (χ4n) is 3.08. The lowest BCUT2D eigenvalue weighted by Gasteiger charge is -2.08. The van der Waals surface area contributed by atoms with Gasteiger partial charge in [-0.25, -0.2) is 15.0 Å². The van der Waals surface area contributed by atoms with Crippen molar-refractivity contribution in [2.24, 2.45) is 0 Å². The highest BCUT2D eigenvalue weighted by Gasteiger charge is 2.15. The van der Waals surface area contributed by atoms with E-state index in [2.05, 4.69) is 25.4 Å². The van der Waals surface area contributed by atoms with Gasteiger partial charge in [-0.3, -0.25) is 14.7 Å². The molecule has 4 aromatic rings. The minimum absolute atomic E-state index is 0.0771. The highest BCUT2D eigenvalue weighted by atomic mass is 16.5. The van der Waals surface area contributed by atoms with Crippen molar-refractivity contribution >= 4 is 11.6 Å². The van der Waals surface area contributed by atoms with Crippen LogP contribution >= 0.6 is 0 Å². The molecule has 0 radical (unpaired) electrons. The van der Waals surface area contributed by atoms with Gasteiger partial charge in [0.2, 0.25) is 5.88 Å². The van der Waals surface area contributed by atoms with Crippen molar-refractivity contribution in [1.29, 1.82) is 0 Å². The number of hydrogen-bond donors (Lipinski definition) is 2. The van der Waals surface area contributed by atoms with Crippen molar-refractivity contribution < 1.29 is 9.53 Å². The van der Waals surface area contributed by atoms with Gasteiger partial charge in [0.1, 0.15) is 11.4 Å². The van der Waals surface area contributed by atoms with Crippen molar-refractivity contribution in [3.63, 3.8) is 0 Å². The molecule has 0 spiro atoms. The number of nitrogens with one attached hydrogen (secondary N) is 2. The van der Waals surface area contributed by atoms with Crippen molar-refractivity contribution in [3.8, 4) is 17.6 Å². The second kappa shape index (κ2) is 8.46. The Balaban J connectivity index is 1.47. The van der Waals surface area contributed by atoms with Crippen LogP contribution in [-0.4, -0.2) is 30.6 Å². The van der Waals surface area contributed by atoms with Crippen molar-refractivity contribution in [2.75, 3.05) is 5.32 Å². The number of carbonyl (C=O) groups excluding carboxylic acids is 1. The highest BCUT2D eigenvalue weighted by molar-refractivity contribution is 6.02. The topological polar surface area (TPSA) is 115 Å². The Hall–Kier alpha value is -4.27. The molecule has 1 amide bonds. The Morgan fingerprint density at radius 1 is 0.969 bits per heavy atom. The van der Waals surface area contributed by atoms with E-state index in [0.717, 1.165) is 10.2 Å². The Morgan fingerprint density at radius 3 is 2.38 bits per heavy atom. The van der Waals surface area contributed by atoms with Gasteiger partial charge < -0.3 is 10.1 Å². The molecular formula is C23H22N6O3. The number of carbonyl (C=O) groups is 1. The average molecular weight is 430 g/mol. The number of ether oxygens (including phenoxy) is 1. The first-order valence-electron chi connectivity index (χ1n) is 9.96. The molecule has 9 nitrogen and oxygen atoms in total. The number of hydrogen-bond acceptors (Lipinski definition) is 6. The minimum atomic E-state index is -0.491. The van der Waals surface area contributed by atoms with Crippen LogP contribution < -0.4 is 15.6 Å². The number of aryl methyl sites for hydroxylation is 4. The molecule has 32 heavy (non-hydrogen) atoms. The number of aromatic amines is 1. The number of rotatable bonds is 5. The van der Waals surface area contributed by atoms with Crippen LogP contribution in [-0.2, 0) is 0 Å². The molecule has 3 aromatic heterocycles. The van der Waals surface area contributed by atoms with E-state index in [9.17, 15) is 9.59 Å². The van der Waals surface area contributed by atoms with Crippen LogP contribution in [0.3, 0.4) is 0 Å². The van der Waals surface area contributed by atoms with Gasteiger partial charge in [0.25, 0.3) is 17.4 Å². The second-order valence-corrected chi connectivity index (χ2v) is 7.48. The molecule has 0 aliphatic heterocycles. The summed E-state index contributed by atoms with van der Waals surface area (Å²) in [6.45, 7) is 7.66. The van der Waals surface area contributed by atoms with Gasteiger partial charge in [-0.2, -0.15) is 4.68 Å². The number of nitrogens with zero attached hydrogens (tertiary/aromatic N) is 4. The third-order valence-corrected chi connectivity index (χ3v) is 4.83. The first-order valence-corrected chi connectivity index (χ1v) is 9.96. The third kappa shape index (κ3) is 4.56. The molecule has 0 saturated carbocycles. The van der Waals surface area contributed by atoms with E-state index in [4.69, 9.17) is 4.74 Å². The summed E-state index contributed by atoms with van der Waals surface area (Å²) in [5, 5.41) is 5.45. The SMILES string of the molecule is Cc1cc(C)nc(-n2[nH]c(C(=O)Nc3ccc(Oc4ccc(C)c(C)c4)nc3)cc2=O)n1. The van der Waals surface area contributed by atoms with Crippen molar-refractivity contribution in [1.82, 2.24) is 24.7 Å². The van der Waals surface area contributed by atoms with E-state index >= 15 is 0 Å². The van der Waals surface area contributed by atoms with Crippen LogP contribution in [0.2, 0.25) is 0 Å². The van der Waals surface area contributed by atoms with E-state index in [1.54, 1.807) is 32.0 Å². The quantitative estimate of drug-likeness (QED) is 0.500. The van der Waals surface area contributed by atoms with Crippen LogP contribution in [0.4, 0.5) is 5.69 Å². The number of H-pyrrole nitrogens is 1. The molecule has 162 valence electrons. The Labute approximate surface area is 184 Å². The molecule has 0 aliphatic carbocycles. The zero-order valence-electron chi connectivity index (χ0n) is 18.1. The first-order chi connectivity index (χ1) is 15.3. The average Bonchev–Trinajstić information content (AvgIpc) is 3.13. The van der Waals surface area contributed by atoms with Gasteiger partial charge in [-0.05, 0) is 63.1 Å². The van der Waals surface area contributed by atoms with Crippen LogP contribution in [0, 0.1) is 27.7 Å². The van der Waals surface area contributed by atoms with Crippen molar-refractivity contribution in [3.05, 3.63) is 87.2 Å². The number of benzene rings is 1. The van der Waals surface area contributed by atoms with Crippen LogP contribution in [0.15, 0.2) is 53.5 Å². The molecule has 0 saturated heterocycles. The zero-order valence-corrected chi connectivity index (χ0v) is 18.1. The maximum absolute atomic E-state index is 12.6. The molecule has 4 rings (SSSR count). The molecule has 0 fully saturated rings. The lowest BCUT2D eigenvalue weighted by atomic mass is 10.1. The Morgan fingerprint density at radius 2 is 1.72 bits per heavy atom. The third-order valence-electron chi connectivity index (χ3n) is 4.83. The first kappa shape index (κ1) is 21.0. The second-order valence-electron chi connectivity index (χ2n) is 7.48. The summed E-state index contributed by atoms with van der Waals surface area (Å²) >= 11 is 0. The van der Waals surface area contributed by atoms with E-state index in [1.165, 1.54) is 17.8 Å². The lowest BCUT2D eigenvalue weighted by molar-refractivity contribution is 0.102. The Bertz CT molecular complexity index is 1330. The maximum Gasteiger partial charge on any atom is 0.274 e. The van der Waals surface area contributed by atoms with E-state index in [-0.39, 0.29) is 11.6 Å². The predicted molar refractivity (Wildman–Crippen MR) is 120 cm³/mol. The summed E-state index contributed by atoms with van der Waals surface area (Å²) in [4.78, 5) is 37.6. The monoisotopic (exact) mass is 430 g/mol. The molecule has 1 aromatic carbocycles. The van der Waals surface area contributed by atoms with Gasteiger partial charge in [-0.15, -0.1) is 0 Å². The van der Waals surface area contributed by atoms with Gasteiger partial charge in [0.15, 0.2) is 0 Å². The summed E-state index contributed by atoms with van der Waals surface area (Å²) in [6.07, 6.45) is 1.48. The number of amides is 1. The molecule has 0 atom stereocenters. The van der Waals surface area contributed by atoms with Gasteiger partial charge in [0.05, 0.1) is 11.9 Å². The molecule has 0 aliphatic rings. The minimum Gasteiger partial charge on any atom is -0.439 e. The van der Waals surface area contributed by atoms with Gasteiger partial charge in [0, 0.05) is 23.5 Å². The summed E-state index contributed by atoms with van der Waals surface area (Å²) < 4.78 is 6.89. The summed E-state index contributed by atoms with van der Waals surface area (Å²) in [5.41, 5.74) is 3.84. The van der Waals surface area contributed by atoms with E-state index in [0.29, 0.717) is 28.7 Å². The summed E-state index contributed by atoms with van der Waals surface area (Å²) in [6, 6.07) is 12.1. The molecule has 2 N–H and O–H groups in total. The van der Waals surface area contributed by atoms with Gasteiger partial charge >= 0.3 is 0 Å². The Kier molecular flexibility index (Phi) is 5.55. The fraction of sp³-hybridized carbons (Fsp3) is 0.174.